The van der Waals surface area contributed by atoms with Gasteiger partial charge in [0.1, 0.15) is 5.60 Å². The van der Waals surface area contributed by atoms with Crippen molar-refractivity contribution in [3.63, 3.8) is 0 Å². The lowest BCUT2D eigenvalue weighted by atomic mass is 10.2. The monoisotopic (exact) mass is 338 g/mol. The molecule has 1 amide bonds. The first kappa shape index (κ1) is 16.7. The van der Waals surface area contributed by atoms with Crippen molar-refractivity contribution in [2.45, 2.75) is 51.3 Å². The van der Waals surface area contributed by atoms with Crippen LogP contribution in [0.3, 0.4) is 0 Å². The highest BCUT2D eigenvalue weighted by molar-refractivity contribution is 7.13. The normalized spacial score (nSPS) is 25.2. The summed E-state index contributed by atoms with van der Waals surface area (Å²) in [6.45, 7) is 9.47. The fourth-order valence-corrected chi connectivity index (χ4v) is 4.02. The maximum Gasteiger partial charge on any atom is 0.416 e. The SMILES string of the molecule is CC(C)(C)OC(=O)N(CC1CCC2CNCCN21)c1nccs1. The highest BCUT2D eigenvalue weighted by Gasteiger charge is 2.37. The van der Waals surface area contributed by atoms with Crippen molar-refractivity contribution < 1.29 is 9.53 Å². The summed E-state index contributed by atoms with van der Waals surface area (Å²) in [6.07, 6.45) is 3.75. The second kappa shape index (κ2) is 6.75. The van der Waals surface area contributed by atoms with Crippen molar-refractivity contribution >= 4 is 22.6 Å². The van der Waals surface area contributed by atoms with Crippen molar-refractivity contribution in [2.24, 2.45) is 0 Å². The predicted molar refractivity (Wildman–Crippen MR) is 92.1 cm³/mol. The van der Waals surface area contributed by atoms with Crippen LogP contribution in [0.2, 0.25) is 0 Å². The summed E-state index contributed by atoms with van der Waals surface area (Å²) in [4.78, 5) is 21.2. The number of anilines is 1. The number of carbonyl (C=O) groups excluding carboxylic acids is 1. The summed E-state index contributed by atoms with van der Waals surface area (Å²) >= 11 is 1.48. The number of aromatic nitrogens is 1. The number of rotatable bonds is 3. The molecule has 23 heavy (non-hydrogen) atoms. The van der Waals surface area contributed by atoms with Crippen LogP contribution >= 0.6 is 11.3 Å². The topological polar surface area (TPSA) is 57.7 Å². The van der Waals surface area contributed by atoms with Crippen LogP contribution in [-0.4, -0.2) is 59.8 Å². The van der Waals surface area contributed by atoms with E-state index in [2.05, 4.69) is 15.2 Å². The Morgan fingerprint density at radius 3 is 3.04 bits per heavy atom. The van der Waals surface area contributed by atoms with Crippen LogP contribution in [0.4, 0.5) is 9.93 Å². The Labute approximate surface area is 141 Å². The first-order valence-electron chi connectivity index (χ1n) is 8.30. The molecule has 128 valence electrons. The van der Waals surface area contributed by atoms with Crippen molar-refractivity contribution in [1.82, 2.24) is 15.2 Å². The predicted octanol–water partition coefficient (Wildman–Crippen LogP) is 2.32. The number of nitrogens with zero attached hydrogens (tertiary/aromatic N) is 3. The number of piperazine rings is 1. The Morgan fingerprint density at radius 1 is 1.52 bits per heavy atom. The number of fused-ring (bicyclic) bond motifs is 1. The van der Waals surface area contributed by atoms with E-state index in [1.807, 2.05) is 26.2 Å². The third kappa shape index (κ3) is 4.02. The van der Waals surface area contributed by atoms with E-state index in [9.17, 15) is 4.79 Å². The van der Waals surface area contributed by atoms with Gasteiger partial charge in [-0.1, -0.05) is 0 Å². The minimum absolute atomic E-state index is 0.300. The molecule has 2 aliphatic rings. The molecule has 6 nitrogen and oxygen atoms in total. The van der Waals surface area contributed by atoms with Crippen LogP contribution in [0.25, 0.3) is 0 Å². The lowest BCUT2D eigenvalue weighted by Crippen LogP contribution is -2.53. The van der Waals surface area contributed by atoms with E-state index in [1.165, 1.54) is 17.8 Å². The van der Waals surface area contributed by atoms with Crippen LogP contribution in [0.1, 0.15) is 33.6 Å². The third-order valence-corrected chi connectivity index (χ3v) is 5.15. The highest BCUT2D eigenvalue weighted by atomic mass is 32.1. The lowest BCUT2D eigenvalue weighted by Gasteiger charge is -2.36. The van der Waals surface area contributed by atoms with Crippen molar-refractivity contribution in [3.05, 3.63) is 11.6 Å². The molecule has 3 heterocycles. The van der Waals surface area contributed by atoms with Crippen LogP contribution in [0, 0.1) is 0 Å². The molecule has 1 aromatic rings. The summed E-state index contributed by atoms with van der Waals surface area (Å²) in [5, 5.41) is 6.07. The Kier molecular flexibility index (Phi) is 4.89. The molecule has 0 aromatic carbocycles. The minimum atomic E-state index is -0.500. The van der Waals surface area contributed by atoms with E-state index in [0.717, 1.165) is 31.2 Å². The minimum Gasteiger partial charge on any atom is -0.443 e. The second-order valence-electron chi connectivity index (χ2n) is 7.23. The lowest BCUT2D eigenvalue weighted by molar-refractivity contribution is 0.0565. The quantitative estimate of drug-likeness (QED) is 0.917. The summed E-state index contributed by atoms with van der Waals surface area (Å²) in [5.74, 6) is 0. The van der Waals surface area contributed by atoms with Crippen molar-refractivity contribution in [1.29, 1.82) is 0 Å². The molecule has 0 spiro atoms. The number of ether oxygens (including phenoxy) is 1. The molecule has 1 aromatic heterocycles. The molecule has 0 saturated carbocycles. The zero-order chi connectivity index (χ0) is 16.4. The number of hydrogen-bond donors (Lipinski definition) is 1. The van der Waals surface area contributed by atoms with E-state index >= 15 is 0 Å². The van der Waals surface area contributed by atoms with Gasteiger partial charge in [0.25, 0.3) is 0 Å². The standard InChI is InChI=1S/C16H26N4O2S/c1-16(2,3)22-15(21)20(14-18-7-9-23-14)11-13-5-4-12-10-17-6-8-19(12)13/h7,9,12-13,17H,4-6,8,10-11H2,1-3H3. The average Bonchev–Trinajstić information content (AvgIpc) is 3.12. The maximum absolute atomic E-state index is 12.6. The zero-order valence-electron chi connectivity index (χ0n) is 14.1. The smallest absolute Gasteiger partial charge is 0.416 e. The van der Waals surface area contributed by atoms with E-state index in [-0.39, 0.29) is 6.09 Å². The second-order valence-corrected chi connectivity index (χ2v) is 8.11. The van der Waals surface area contributed by atoms with Crippen LogP contribution < -0.4 is 10.2 Å². The average molecular weight is 338 g/mol. The van der Waals surface area contributed by atoms with Gasteiger partial charge in [-0.2, -0.15) is 0 Å². The van der Waals surface area contributed by atoms with Gasteiger partial charge in [-0.3, -0.25) is 9.80 Å². The number of hydrogen-bond acceptors (Lipinski definition) is 6. The molecule has 2 aliphatic heterocycles. The summed E-state index contributed by atoms with van der Waals surface area (Å²) in [5.41, 5.74) is -0.500. The van der Waals surface area contributed by atoms with Gasteiger partial charge in [-0.15, -0.1) is 11.3 Å². The molecular formula is C16H26N4O2S. The zero-order valence-corrected chi connectivity index (χ0v) is 14.9. The molecule has 3 rings (SSSR count). The van der Waals surface area contributed by atoms with Gasteiger partial charge in [0.2, 0.25) is 0 Å². The number of amides is 1. The molecule has 0 bridgehead atoms. The van der Waals surface area contributed by atoms with Gasteiger partial charge in [0.05, 0.1) is 0 Å². The van der Waals surface area contributed by atoms with E-state index in [4.69, 9.17) is 4.74 Å². The summed E-state index contributed by atoms with van der Waals surface area (Å²) in [6, 6.07) is 0.990. The summed E-state index contributed by atoms with van der Waals surface area (Å²) in [7, 11) is 0. The van der Waals surface area contributed by atoms with Crippen molar-refractivity contribution in [2.75, 3.05) is 31.1 Å². The molecule has 2 atom stereocenters. The van der Waals surface area contributed by atoms with E-state index in [1.54, 1.807) is 11.1 Å². The fourth-order valence-electron chi connectivity index (χ4n) is 3.38. The molecule has 7 heteroatoms. The molecular weight excluding hydrogens is 312 g/mol. The first-order valence-corrected chi connectivity index (χ1v) is 9.18. The molecule has 2 saturated heterocycles. The highest BCUT2D eigenvalue weighted by Crippen LogP contribution is 2.28. The number of thiazole rings is 1. The molecule has 2 fully saturated rings. The molecule has 0 radical (unpaired) electrons. The van der Waals surface area contributed by atoms with Gasteiger partial charge >= 0.3 is 6.09 Å². The Morgan fingerprint density at radius 2 is 2.35 bits per heavy atom. The maximum atomic E-state index is 12.6. The largest absolute Gasteiger partial charge is 0.443 e. The first-order chi connectivity index (χ1) is 10.9. The van der Waals surface area contributed by atoms with Crippen LogP contribution in [0.15, 0.2) is 11.6 Å². The van der Waals surface area contributed by atoms with E-state index < -0.39 is 5.60 Å². The van der Waals surface area contributed by atoms with Crippen molar-refractivity contribution in [3.8, 4) is 0 Å². The Hall–Kier alpha value is -1.18. The van der Waals surface area contributed by atoms with Crippen LogP contribution in [0.5, 0.6) is 0 Å². The number of carbonyl (C=O) groups is 1. The number of nitrogens with one attached hydrogen (secondary N) is 1. The van der Waals surface area contributed by atoms with Gasteiger partial charge in [0, 0.05) is 49.8 Å². The molecule has 1 N–H and O–H groups in total. The summed E-state index contributed by atoms with van der Waals surface area (Å²) < 4.78 is 5.59. The third-order valence-electron chi connectivity index (χ3n) is 4.36. The van der Waals surface area contributed by atoms with E-state index in [0.29, 0.717) is 18.6 Å². The van der Waals surface area contributed by atoms with Crippen LogP contribution in [-0.2, 0) is 4.74 Å². The Bertz CT molecular complexity index is 529. The fraction of sp³-hybridized carbons (Fsp3) is 0.750. The Balaban J connectivity index is 1.73. The molecule has 2 unspecified atom stereocenters. The molecule has 0 aliphatic carbocycles. The van der Waals surface area contributed by atoms with Gasteiger partial charge in [-0.25, -0.2) is 9.78 Å². The van der Waals surface area contributed by atoms with Gasteiger partial charge < -0.3 is 10.1 Å². The van der Waals surface area contributed by atoms with Gasteiger partial charge in [-0.05, 0) is 33.6 Å². The van der Waals surface area contributed by atoms with Gasteiger partial charge in [0.15, 0.2) is 5.13 Å².